The SMILES string of the molecule is O=C(NCCc1ccc2c(n1)NCCC2)N1CCc2ccccc2C1. The molecule has 130 valence electrons. The van der Waals surface area contributed by atoms with E-state index in [-0.39, 0.29) is 6.03 Å². The Morgan fingerprint density at radius 1 is 1.12 bits per heavy atom. The molecule has 5 heteroatoms. The number of anilines is 1. The summed E-state index contributed by atoms with van der Waals surface area (Å²) in [5.41, 5.74) is 4.94. The van der Waals surface area contributed by atoms with E-state index >= 15 is 0 Å². The highest BCUT2D eigenvalue weighted by molar-refractivity contribution is 5.74. The van der Waals surface area contributed by atoms with Crippen molar-refractivity contribution in [2.24, 2.45) is 0 Å². The Morgan fingerprint density at radius 3 is 2.92 bits per heavy atom. The second kappa shape index (κ2) is 7.13. The largest absolute Gasteiger partial charge is 0.370 e. The van der Waals surface area contributed by atoms with Gasteiger partial charge in [0.1, 0.15) is 5.82 Å². The number of rotatable bonds is 3. The van der Waals surface area contributed by atoms with E-state index in [1.807, 2.05) is 11.0 Å². The molecule has 2 amide bonds. The van der Waals surface area contributed by atoms with Crippen molar-refractivity contribution in [3.63, 3.8) is 0 Å². The van der Waals surface area contributed by atoms with E-state index in [1.165, 1.54) is 23.1 Å². The van der Waals surface area contributed by atoms with Crippen LogP contribution in [-0.2, 0) is 25.8 Å². The Morgan fingerprint density at radius 2 is 2.00 bits per heavy atom. The van der Waals surface area contributed by atoms with Crippen LogP contribution in [0, 0.1) is 0 Å². The van der Waals surface area contributed by atoms with Gasteiger partial charge in [-0.2, -0.15) is 0 Å². The number of nitrogens with one attached hydrogen (secondary N) is 2. The summed E-state index contributed by atoms with van der Waals surface area (Å²) in [6, 6.07) is 12.6. The molecule has 0 fully saturated rings. The van der Waals surface area contributed by atoms with E-state index in [2.05, 4.69) is 45.9 Å². The average Bonchev–Trinajstić information content (AvgIpc) is 2.67. The quantitative estimate of drug-likeness (QED) is 0.906. The molecule has 3 heterocycles. The van der Waals surface area contributed by atoms with E-state index in [0.717, 1.165) is 43.9 Å². The molecule has 2 aliphatic rings. The van der Waals surface area contributed by atoms with Crippen LogP contribution >= 0.6 is 0 Å². The average molecular weight is 336 g/mol. The number of hydrogen-bond acceptors (Lipinski definition) is 3. The summed E-state index contributed by atoms with van der Waals surface area (Å²) >= 11 is 0. The summed E-state index contributed by atoms with van der Waals surface area (Å²) in [5, 5.41) is 6.39. The number of carbonyl (C=O) groups is 1. The molecule has 0 unspecified atom stereocenters. The maximum atomic E-state index is 12.4. The molecule has 0 bridgehead atoms. The molecule has 0 saturated carbocycles. The fourth-order valence-corrected chi connectivity index (χ4v) is 3.59. The third-order valence-electron chi connectivity index (χ3n) is 5.03. The van der Waals surface area contributed by atoms with Crippen molar-refractivity contribution in [1.82, 2.24) is 15.2 Å². The highest BCUT2D eigenvalue weighted by Crippen LogP contribution is 2.20. The minimum Gasteiger partial charge on any atom is -0.370 e. The van der Waals surface area contributed by atoms with Gasteiger partial charge in [0.2, 0.25) is 0 Å². The Labute approximate surface area is 148 Å². The zero-order valence-electron chi connectivity index (χ0n) is 14.4. The molecule has 25 heavy (non-hydrogen) atoms. The van der Waals surface area contributed by atoms with Gasteiger partial charge in [-0.3, -0.25) is 0 Å². The molecule has 4 rings (SSSR count). The Kier molecular flexibility index (Phi) is 4.55. The monoisotopic (exact) mass is 336 g/mol. The lowest BCUT2D eigenvalue weighted by atomic mass is 10.0. The predicted octanol–water partition coefficient (Wildman–Crippen LogP) is 2.75. The Balaban J connectivity index is 1.29. The van der Waals surface area contributed by atoms with Gasteiger partial charge < -0.3 is 15.5 Å². The topological polar surface area (TPSA) is 57.3 Å². The van der Waals surface area contributed by atoms with Crippen molar-refractivity contribution in [1.29, 1.82) is 0 Å². The second-order valence-electron chi connectivity index (χ2n) is 6.76. The van der Waals surface area contributed by atoms with Gasteiger partial charge in [-0.25, -0.2) is 9.78 Å². The van der Waals surface area contributed by atoms with E-state index < -0.39 is 0 Å². The first-order valence-corrected chi connectivity index (χ1v) is 9.12. The van der Waals surface area contributed by atoms with Crippen LogP contribution in [0.4, 0.5) is 10.6 Å². The normalized spacial score (nSPS) is 15.8. The molecule has 2 aromatic rings. The molecular formula is C20H24N4O. The molecule has 0 spiro atoms. The third-order valence-corrected chi connectivity index (χ3v) is 5.03. The van der Waals surface area contributed by atoms with Crippen molar-refractivity contribution < 1.29 is 4.79 Å². The van der Waals surface area contributed by atoms with Crippen molar-refractivity contribution >= 4 is 11.8 Å². The fourth-order valence-electron chi connectivity index (χ4n) is 3.59. The highest BCUT2D eigenvalue weighted by Gasteiger charge is 2.20. The lowest BCUT2D eigenvalue weighted by molar-refractivity contribution is 0.192. The van der Waals surface area contributed by atoms with E-state index in [4.69, 9.17) is 0 Å². The molecule has 2 N–H and O–H groups in total. The molecule has 1 aromatic heterocycles. The number of nitrogens with zero attached hydrogens (tertiary/aromatic N) is 2. The van der Waals surface area contributed by atoms with Crippen molar-refractivity contribution in [2.75, 3.05) is 25.0 Å². The van der Waals surface area contributed by atoms with Crippen LogP contribution < -0.4 is 10.6 Å². The number of hydrogen-bond donors (Lipinski definition) is 2. The van der Waals surface area contributed by atoms with Gasteiger partial charge in [0.15, 0.2) is 0 Å². The lowest BCUT2D eigenvalue weighted by Gasteiger charge is -2.29. The van der Waals surface area contributed by atoms with E-state index in [1.54, 1.807) is 0 Å². The Hall–Kier alpha value is -2.56. The smallest absolute Gasteiger partial charge is 0.317 e. The van der Waals surface area contributed by atoms with Crippen LogP contribution in [0.15, 0.2) is 36.4 Å². The predicted molar refractivity (Wildman–Crippen MR) is 98.7 cm³/mol. The van der Waals surface area contributed by atoms with Gasteiger partial charge in [0.25, 0.3) is 0 Å². The number of aryl methyl sites for hydroxylation is 1. The molecule has 5 nitrogen and oxygen atoms in total. The Bertz CT molecular complexity index is 774. The van der Waals surface area contributed by atoms with Gasteiger partial charge in [-0.15, -0.1) is 0 Å². The van der Waals surface area contributed by atoms with Gasteiger partial charge >= 0.3 is 6.03 Å². The van der Waals surface area contributed by atoms with Crippen LogP contribution in [0.5, 0.6) is 0 Å². The summed E-state index contributed by atoms with van der Waals surface area (Å²) in [7, 11) is 0. The lowest BCUT2D eigenvalue weighted by Crippen LogP contribution is -2.43. The zero-order chi connectivity index (χ0) is 17.1. The number of fused-ring (bicyclic) bond motifs is 2. The summed E-state index contributed by atoms with van der Waals surface area (Å²) < 4.78 is 0. The van der Waals surface area contributed by atoms with Crippen molar-refractivity contribution in [3.05, 3.63) is 58.8 Å². The van der Waals surface area contributed by atoms with Gasteiger partial charge in [-0.05, 0) is 42.0 Å². The fraction of sp³-hybridized carbons (Fsp3) is 0.400. The summed E-state index contributed by atoms with van der Waals surface area (Å²) in [4.78, 5) is 19.0. The molecule has 0 radical (unpaired) electrons. The number of aromatic nitrogens is 1. The molecular weight excluding hydrogens is 312 g/mol. The van der Waals surface area contributed by atoms with Crippen molar-refractivity contribution in [3.8, 4) is 0 Å². The molecule has 0 aliphatic carbocycles. The van der Waals surface area contributed by atoms with Crippen LogP contribution in [-0.4, -0.2) is 35.5 Å². The molecule has 0 saturated heterocycles. The summed E-state index contributed by atoms with van der Waals surface area (Å²) in [5.74, 6) is 1.02. The highest BCUT2D eigenvalue weighted by atomic mass is 16.2. The standard InChI is InChI=1S/C20H24N4O/c25-20(24-13-10-15-4-1-2-5-17(15)14-24)22-12-9-18-8-7-16-6-3-11-21-19(16)23-18/h1-2,4-5,7-8H,3,6,9-14H2,(H,21,23)(H,22,25). The molecule has 0 atom stereocenters. The van der Waals surface area contributed by atoms with Crippen molar-refractivity contribution in [2.45, 2.75) is 32.2 Å². The van der Waals surface area contributed by atoms with Gasteiger partial charge in [-0.1, -0.05) is 30.3 Å². The first kappa shape index (κ1) is 15.9. The van der Waals surface area contributed by atoms with Gasteiger partial charge in [0.05, 0.1) is 0 Å². The first-order valence-electron chi connectivity index (χ1n) is 9.12. The number of carbonyl (C=O) groups excluding carboxylic acids is 1. The first-order chi connectivity index (χ1) is 12.3. The van der Waals surface area contributed by atoms with Gasteiger partial charge in [0, 0.05) is 38.3 Å². The zero-order valence-corrected chi connectivity index (χ0v) is 14.4. The second-order valence-corrected chi connectivity index (χ2v) is 6.76. The number of urea groups is 1. The number of pyridine rings is 1. The van der Waals surface area contributed by atoms with E-state index in [9.17, 15) is 4.79 Å². The third kappa shape index (κ3) is 3.60. The van der Waals surface area contributed by atoms with Crippen LogP contribution in [0.3, 0.4) is 0 Å². The maximum absolute atomic E-state index is 12.4. The van der Waals surface area contributed by atoms with Crippen LogP contribution in [0.2, 0.25) is 0 Å². The molecule has 2 aliphatic heterocycles. The van der Waals surface area contributed by atoms with Crippen LogP contribution in [0.1, 0.15) is 28.8 Å². The summed E-state index contributed by atoms with van der Waals surface area (Å²) in [6.07, 6.45) is 3.96. The minimum atomic E-state index is 0.0191. The number of amides is 2. The number of benzene rings is 1. The molecule has 1 aromatic carbocycles. The minimum absolute atomic E-state index is 0.0191. The maximum Gasteiger partial charge on any atom is 0.317 e. The van der Waals surface area contributed by atoms with E-state index in [0.29, 0.717) is 13.1 Å². The summed E-state index contributed by atoms with van der Waals surface area (Å²) in [6.45, 7) is 3.09. The van der Waals surface area contributed by atoms with Crippen LogP contribution in [0.25, 0.3) is 0 Å².